The summed E-state index contributed by atoms with van der Waals surface area (Å²) in [4.78, 5) is 271. The number of ether oxygens (including phenoxy) is 1. The number of nitrogens with zero attached hydrogens (tertiary/aromatic N) is 14. The summed E-state index contributed by atoms with van der Waals surface area (Å²) in [7, 11) is 16.9. The van der Waals surface area contributed by atoms with Crippen LogP contribution in [0.4, 0.5) is 10.5 Å². The molecule has 1 aromatic rings. The summed E-state index contributed by atoms with van der Waals surface area (Å²) in [6.45, 7) is -3.19. The van der Waals surface area contributed by atoms with Crippen LogP contribution in [0, 0.1) is 12.8 Å². The number of nitrogens with one attached hydrogen (secondary N) is 4. The molecule has 1 aliphatic heterocycles. The molecule has 0 spiro atoms. The van der Waals surface area contributed by atoms with E-state index in [-0.39, 0.29) is 71.1 Å². The van der Waals surface area contributed by atoms with Crippen LogP contribution in [-0.2, 0) is 102 Å². The molecule has 1 aromatic carbocycles. The Kier molecular flexibility index (Phi) is 38.6. The molecule has 610 valence electrons. The quantitative estimate of drug-likeness (QED) is 0.0261. The fraction of sp³-hybridized carbons (Fsp3) is 0.594. The first-order valence-corrected chi connectivity index (χ1v) is 34.6. The summed E-state index contributed by atoms with van der Waals surface area (Å²) in [5.74, 6) is -13.2. The fourth-order valence-corrected chi connectivity index (χ4v) is 9.67. The van der Waals surface area contributed by atoms with Gasteiger partial charge in [0.25, 0.3) is 11.8 Å². The molecule has 0 aromatic heterocycles. The first-order valence-electron chi connectivity index (χ1n) is 35.3. The highest BCUT2D eigenvalue weighted by molar-refractivity contribution is 6.13. The molecule has 41 heteroatoms. The number of aryl methyl sites for hydroxylation is 1. The lowest BCUT2D eigenvalue weighted by Gasteiger charge is -2.28. The molecule has 2 rings (SSSR count). The Morgan fingerprint density at radius 2 is 0.809 bits per heavy atom. The molecule has 0 bridgehead atoms. The minimum atomic E-state index is -1.22. The molecular formula is C69H107N19O22. The lowest BCUT2D eigenvalue weighted by Crippen LogP contribution is -2.54. The molecular weight excluding hydrogens is 1450 g/mol. The molecule has 0 aliphatic carbocycles. The Hall–Kier alpha value is -11.7. The van der Waals surface area contributed by atoms with Gasteiger partial charge in [0.05, 0.1) is 105 Å². The second-order valence-corrected chi connectivity index (χ2v) is 26.9. The number of nitrogens with two attached hydrogens (primary N) is 1. The van der Waals surface area contributed by atoms with Crippen molar-refractivity contribution < 1.29 is 107 Å². The number of imide groups is 1. The third kappa shape index (κ3) is 33.2. The predicted molar refractivity (Wildman–Crippen MR) is 392 cm³/mol. The van der Waals surface area contributed by atoms with Crippen LogP contribution in [0.25, 0.3) is 0 Å². The molecule has 110 heavy (non-hydrogen) atoms. The molecule has 7 N–H and O–H groups in total. The van der Waals surface area contributed by atoms with E-state index < -0.39 is 221 Å². The molecule has 2 atom stereocenters. The average Bonchev–Trinajstić information content (AvgIpc) is 1.30. The van der Waals surface area contributed by atoms with Crippen LogP contribution < -0.4 is 27.0 Å². The Bertz CT molecular complexity index is 3620. The number of benzene rings is 1. The minimum Gasteiger partial charge on any atom is -0.481 e. The van der Waals surface area contributed by atoms with Gasteiger partial charge in [-0.25, -0.2) is 4.79 Å². The largest absolute Gasteiger partial charge is 0.481 e. The maximum Gasteiger partial charge on any atom is 0.312 e. The summed E-state index contributed by atoms with van der Waals surface area (Å²) < 4.78 is 13.6. The minimum absolute atomic E-state index is 0.00317. The van der Waals surface area contributed by atoms with E-state index in [2.05, 4.69) is 21.3 Å². The topological polar surface area (TPSA) is 490 Å². The second kappa shape index (κ2) is 45.9. The highest BCUT2D eigenvalue weighted by atomic mass is 16.5. The van der Waals surface area contributed by atoms with Crippen LogP contribution in [0.5, 0.6) is 0 Å². The summed E-state index contributed by atoms with van der Waals surface area (Å²) in [6.07, 6.45) is 1.52. The van der Waals surface area contributed by atoms with Crippen molar-refractivity contribution in [3.63, 3.8) is 0 Å². The molecule has 0 fully saturated rings. The van der Waals surface area contributed by atoms with Crippen LogP contribution in [0.1, 0.15) is 58.4 Å². The summed E-state index contributed by atoms with van der Waals surface area (Å²) in [5.41, 5.74) is 6.36. The van der Waals surface area contributed by atoms with Gasteiger partial charge >= 0.3 is 12.0 Å². The summed E-state index contributed by atoms with van der Waals surface area (Å²) >= 11 is 0. The number of urea groups is 1. The average molecular weight is 1560 g/mol. The lowest BCUT2D eigenvalue weighted by molar-refractivity contribution is -0.146. The van der Waals surface area contributed by atoms with Crippen molar-refractivity contribution in [2.24, 2.45) is 11.7 Å². The molecule has 41 nitrogen and oxygen atoms in total. The first kappa shape index (κ1) is 92.5. The number of hydrogen-bond acceptors (Lipinski definition) is 21. The van der Waals surface area contributed by atoms with Gasteiger partial charge in [0.1, 0.15) is 12.1 Å². The van der Waals surface area contributed by atoms with E-state index in [1.54, 1.807) is 19.9 Å². The lowest BCUT2D eigenvalue weighted by atomic mass is 10.0. The Balaban J connectivity index is 1.89. The van der Waals surface area contributed by atoms with Crippen LogP contribution in [0.2, 0.25) is 0 Å². The monoisotopic (exact) mass is 1550 g/mol. The van der Waals surface area contributed by atoms with Crippen LogP contribution in [-0.4, -0.2) is 401 Å². The van der Waals surface area contributed by atoms with Gasteiger partial charge in [-0.3, -0.25) is 96.0 Å². The standard InChI is InChI=1S/C69H107N19O22/c1-44(2)66(74-49(89)25-28-110-29-27-88-51(91)21-22-52(88)92)68(108)73-48(18-17-26-71-69(70)109)67(107)72-47-20-19-45(3)46(30-47)31-75(4)53(93)33-77(6)55(95)35-79(8)57(97)37-81(10)59(99)39-83(12)61(101)41-85(14)63(103)43-87(16)64(104)42-86(15)62(102)40-84(13)60(100)38-82(11)58(98)36-80(9)56(96)34-78(7)54(94)32-76(5)50(90)23-24-65(105)106/h19-22,30,44,48,66H,17-18,23-29,31-43H2,1-16H3,(H,72,107)(H,73,108)(H,74,89)(H,105,106)(H3,70,71,109)/t48-,66-/m0/s1/i3D. The zero-order valence-corrected chi connectivity index (χ0v) is 65.2. The highest BCUT2D eigenvalue weighted by Gasteiger charge is 2.32. The number of anilines is 1. The number of hydrogen-bond donors (Lipinski definition) is 6. The maximum absolute atomic E-state index is 14.0. The van der Waals surface area contributed by atoms with Crippen molar-refractivity contribution in [2.75, 3.05) is 202 Å². The van der Waals surface area contributed by atoms with E-state index in [9.17, 15) is 95.9 Å². The normalized spacial score (nSPS) is 12.0. The first-order chi connectivity index (χ1) is 51.8. The number of aliphatic carboxylic acids is 1. The van der Waals surface area contributed by atoms with Crippen molar-refractivity contribution >= 4 is 124 Å². The van der Waals surface area contributed by atoms with Gasteiger partial charge in [-0.05, 0) is 48.9 Å². The van der Waals surface area contributed by atoms with Gasteiger partial charge in [0, 0.05) is 137 Å². The van der Waals surface area contributed by atoms with Crippen molar-refractivity contribution in [1.29, 1.82) is 0 Å². The zero-order valence-electron chi connectivity index (χ0n) is 66.2. The summed E-state index contributed by atoms with van der Waals surface area (Å²) in [5, 5.41) is 19.3. The van der Waals surface area contributed by atoms with E-state index in [1.165, 1.54) is 109 Å². The summed E-state index contributed by atoms with van der Waals surface area (Å²) in [6, 6.07) is 1.47. The van der Waals surface area contributed by atoms with Gasteiger partial charge in [-0.1, -0.05) is 19.9 Å². The van der Waals surface area contributed by atoms with E-state index in [0.29, 0.717) is 11.1 Å². The molecule has 0 saturated heterocycles. The number of carboxylic acid groups (broad SMARTS) is 1. The molecule has 0 radical (unpaired) electrons. The molecule has 0 unspecified atom stereocenters. The van der Waals surface area contributed by atoms with Crippen LogP contribution >= 0.6 is 0 Å². The van der Waals surface area contributed by atoms with Gasteiger partial charge in [0.15, 0.2) is 0 Å². The Morgan fingerprint density at radius 1 is 0.464 bits per heavy atom. The Morgan fingerprint density at radius 3 is 1.14 bits per heavy atom. The number of rotatable bonds is 45. The smallest absolute Gasteiger partial charge is 0.312 e. The van der Waals surface area contributed by atoms with Gasteiger partial charge in [-0.2, -0.15) is 0 Å². The zero-order chi connectivity index (χ0) is 84.4. The third-order valence-corrected chi connectivity index (χ3v) is 17.1. The molecule has 1 aliphatic rings. The van der Waals surface area contributed by atoms with Crippen LogP contribution in [0.15, 0.2) is 30.4 Å². The van der Waals surface area contributed by atoms with E-state index in [1.807, 2.05) is 0 Å². The number of primary amides is 1. The number of carbonyl (C=O) groups is 20. The molecule has 20 amide bonds. The maximum atomic E-state index is 14.0. The molecule has 0 saturated carbocycles. The van der Waals surface area contributed by atoms with Crippen molar-refractivity contribution in [3.05, 3.63) is 41.5 Å². The fourth-order valence-electron chi connectivity index (χ4n) is 9.67. The highest BCUT2D eigenvalue weighted by Crippen LogP contribution is 2.19. The van der Waals surface area contributed by atoms with Crippen molar-refractivity contribution in [1.82, 2.24) is 84.5 Å². The number of carboxylic acids is 1. The van der Waals surface area contributed by atoms with E-state index in [0.717, 1.165) is 75.9 Å². The van der Waals surface area contributed by atoms with Crippen molar-refractivity contribution in [3.8, 4) is 0 Å². The van der Waals surface area contributed by atoms with Gasteiger partial charge in [-0.15, -0.1) is 0 Å². The molecule has 1 heterocycles. The van der Waals surface area contributed by atoms with Gasteiger partial charge < -0.3 is 101 Å². The third-order valence-electron chi connectivity index (χ3n) is 17.1. The van der Waals surface area contributed by atoms with E-state index in [4.69, 9.17) is 16.9 Å². The predicted octanol–water partition coefficient (Wildman–Crippen LogP) is -6.34. The van der Waals surface area contributed by atoms with E-state index >= 15 is 0 Å². The van der Waals surface area contributed by atoms with Crippen LogP contribution in [0.3, 0.4) is 0 Å². The second-order valence-electron chi connectivity index (χ2n) is 26.9. The number of likely N-dealkylation sites (N-methyl/N-ethyl adjacent to an activating group) is 13. The SMILES string of the molecule is [2H]Cc1ccc(NC(=O)[C@H](CCCNC(N)=O)NC(=O)[C@@H](NC(=O)CCOCCN2C(=O)C=CC2=O)C(C)C)cc1CN(C)C(=O)CN(C)C(=O)CN(C)C(=O)CN(C)C(=O)CN(C)C(=O)CN(C)C(=O)CN(C)C(=O)CN(C)C(=O)CN(C)C(=O)CN(C)C(=O)CN(C)C(=O)CN(C)C(=O)CN(C)C(=O)CCC(=O)O. The van der Waals surface area contributed by atoms with Crippen molar-refractivity contribution in [2.45, 2.75) is 71.5 Å². The number of carbonyl (C=O) groups excluding carboxylic acids is 19. The number of amides is 20. The van der Waals surface area contributed by atoms with Gasteiger partial charge in [0.2, 0.25) is 94.5 Å². The Labute approximate surface area is 639 Å².